The molecular weight excluding hydrogens is 262 g/mol. The van der Waals surface area contributed by atoms with Crippen molar-refractivity contribution in [2.45, 2.75) is 6.42 Å². The van der Waals surface area contributed by atoms with Crippen molar-refractivity contribution in [1.82, 2.24) is 10.2 Å². The van der Waals surface area contributed by atoms with Crippen LogP contribution in [0.3, 0.4) is 0 Å². The molecule has 0 atom stereocenters. The molecular formula is C12H15ClF2N2O. The molecule has 1 rings (SSSR count). The van der Waals surface area contributed by atoms with Crippen molar-refractivity contribution in [2.75, 3.05) is 27.2 Å². The standard InChI is InChI=1S/C12H15ClF2N2O/c1-17(2)5-3-4-16-12(18)8-6-10(14)11(15)7-9(8)13/h6-7H,3-5H2,1-2H3,(H,16,18). The van der Waals surface area contributed by atoms with Crippen molar-refractivity contribution in [1.29, 1.82) is 0 Å². The lowest BCUT2D eigenvalue weighted by atomic mass is 10.2. The zero-order valence-electron chi connectivity index (χ0n) is 10.3. The van der Waals surface area contributed by atoms with Crippen LogP contribution in [0.4, 0.5) is 8.78 Å². The van der Waals surface area contributed by atoms with E-state index >= 15 is 0 Å². The van der Waals surface area contributed by atoms with Gasteiger partial charge in [0.1, 0.15) is 0 Å². The zero-order valence-corrected chi connectivity index (χ0v) is 11.0. The van der Waals surface area contributed by atoms with Crippen molar-refractivity contribution in [3.05, 3.63) is 34.4 Å². The Hall–Kier alpha value is -1.20. The Labute approximate surface area is 110 Å². The summed E-state index contributed by atoms with van der Waals surface area (Å²) in [6.07, 6.45) is 0.764. The van der Waals surface area contributed by atoms with Gasteiger partial charge in [-0.15, -0.1) is 0 Å². The zero-order chi connectivity index (χ0) is 13.7. The summed E-state index contributed by atoms with van der Waals surface area (Å²) < 4.78 is 25.8. The fourth-order valence-corrected chi connectivity index (χ4v) is 1.63. The number of hydrogen-bond acceptors (Lipinski definition) is 2. The van der Waals surface area contributed by atoms with Crippen LogP contribution in [0.5, 0.6) is 0 Å². The van der Waals surface area contributed by atoms with Crippen LogP contribution < -0.4 is 5.32 Å². The summed E-state index contributed by atoms with van der Waals surface area (Å²) in [5, 5.41) is 2.50. The number of halogens is 3. The molecule has 1 aromatic rings. The maximum Gasteiger partial charge on any atom is 0.252 e. The Morgan fingerprint density at radius 3 is 2.56 bits per heavy atom. The fraction of sp³-hybridized carbons (Fsp3) is 0.417. The summed E-state index contributed by atoms with van der Waals surface area (Å²) in [6, 6.07) is 1.60. The lowest BCUT2D eigenvalue weighted by Crippen LogP contribution is -2.27. The van der Waals surface area contributed by atoms with E-state index in [-0.39, 0.29) is 10.6 Å². The number of rotatable bonds is 5. The highest BCUT2D eigenvalue weighted by Crippen LogP contribution is 2.19. The minimum Gasteiger partial charge on any atom is -0.352 e. The molecule has 1 amide bonds. The van der Waals surface area contributed by atoms with Gasteiger partial charge in [-0.1, -0.05) is 11.6 Å². The number of hydrogen-bond donors (Lipinski definition) is 1. The van der Waals surface area contributed by atoms with Crippen LogP contribution in [0.15, 0.2) is 12.1 Å². The van der Waals surface area contributed by atoms with Gasteiger partial charge in [0.25, 0.3) is 5.91 Å². The highest BCUT2D eigenvalue weighted by Gasteiger charge is 2.14. The minimum atomic E-state index is -1.09. The Morgan fingerprint density at radius 2 is 1.94 bits per heavy atom. The molecule has 0 fully saturated rings. The summed E-state index contributed by atoms with van der Waals surface area (Å²) in [5.74, 6) is -2.65. The number of nitrogens with zero attached hydrogens (tertiary/aromatic N) is 1. The monoisotopic (exact) mass is 276 g/mol. The Bertz CT molecular complexity index is 438. The molecule has 0 unspecified atom stereocenters. The van der Waals surface area contributed by atoms with Gasteiger partial charge in [-0.25, -0.2) is 8.78 Å². The van der Waals surface area contributed by atoms with Crippen molar-refractivity contribution in [3.8, 4) is 0 Å². The molecule has 18 heavy (non-hydrogen) atoms. The van der Waals surface area contributed by atoms with Gasteiger partial charge in [0.15, 0.2) is 11.6 Å². The quantitative estimate of drug-likeness (QED) is 0.661. The molecule has 0 radical (unpaired) electrons. The molecule has 6 heteroatoms. The Balaban J connectivity index is 2.59. The maximum atomic E-state index is 13.0. The topological polar surface area (TPSA) is 32.3 Å². The van der Waals surface area contributed by atoms with Gasteiger partial charge in [0.05, 0.1) is 10.6 Å². The SMILES string of the molecule is CN(C)CCCNC(=O)c1cc(F)c(F)cc1Cl. The number of amides is 1. The molecule has 0 spiro atoms. The molecule has 3 nitrogen and oxygen atoms in total. The first-order valence-electron chi connectivity index (χ1n) is 5.49. The third kappa shape index (κ3) is 4.23. The fourth-order valence-electron chi connectivity index (χ4n) is 1.39. The number of carbonyl (C=O) groups excluding carboxylic acids is 1. The van der Waals surface area contributed by atoms with Gasteiger partial charge in [0, 0.05) is 6.54 Å². The summed E-state index contributed by atoms with van der Waals surface area (Å²) >= 11 is 5.68. The summed E-state index contributed by atoms with van der Waals surface area (Å²) in [5.41, 5.74) is -0.0552. The lowest BCUT2D eigenvalue weighted by Gasteiger charge is -2.10. The molecule has 0 saturated heterocycles. The van der Waals surface area contributed by atoms with E-state index < -0.39 is 17.5 Å². The van der Waals surface area contributed by atoms with Crippen LogP contribution >= 0.6 is 11.6 Å². The molecule has 0 aliphatic heterocycles. The molecule has 100 valence electrons. The summed E-state index contributed by atoms with van der Waals surface area (Å²) in [4.78, 5) is 13.7. The number of carbonyl (C=O) groups is 1. The number of benzene rings is 1. The van der Waals surface area contributed by atoms with Gasteiger partial charge < -0.3 is 10.2 Å². The predicted octanol–water partition coefficient (Wildman–Crippen LogP) is 2.30. The Kier molecular flexibility index (Phi) is 5.50. The average molecular weight is 277 g/mol. The summed E-state index contributed by atoms with van der Waals surface area (Å²) in [6.45, 7) is 1.28. The molecule has 1 aromatic carbocycles. The average Bonchev–Trinajstić information content (AvgIpc) is 2.28. The smallest absolute Gasteiger partial charge is 0.252 e. The van der Waals surface area contributed by atoms with E-state index in [0.29, 0.717) is 6.54 Å². The first kappa shape index (κ1) is 14.9. The van der Waals surface area contributed by atoms with Crippen molar-refractivity contribution in [2.24, 2.45) is 0 Å². The Morgan fingerprint density at radius 1 is 1.33 bits per heavy atom. The van der Waals surface area contributed by atoms with Crippen LogP contribution in [0, 0.1) is 11.6 Å². The summed E-state index contributed by atoms with van der Waals surface area (Å²) in [7, 11) is 3.85. The largest absolute Gasteiger partial charge is 0.352 e. The van der Waals surface area contributed by atoms with Crippen LogP contribution in [0.1, 0.15) is 16.8 Å². The molecule has 0 bridgehead atoms. The number of nitrogens with one attached hydrogen (secondary N) is 1. The highest BCUT2D eigenvalue weighted by molar-refractivity contribution is 6.33. The van der Waals surface area contributed by atoms with Crippen molar-refractivity contribution in [3.63, 3.8) is 0 Å². The molecule has 0 saturated carbocycles. The van der Waals surface area contributed by atoms with Gasteiger partial charge in [-0.05, 0) is 39.2 Å². The van der Waals surface area contributed by atoms with Crippen LogP contribution in [-0.4, -0.2) is 38.0 Å². The molecule has 1 N–H and O–H groups in total. The van der Waals surface area contributed by atoms with E-state index in [1.54, 1.807) is 0 Å². The molecule has 0 heterocycles. The van der Waals surface area contributed by atoms with Gasteiger partial charge in [-0.3, -0.25) is 4.79 Å². The van der Waals surface area contributed by atoms with Crippen molar-refractivity contribution >= 4 is 17.5 Å². The third-order valence-electron chi connectivity index (χ3n) is 2.32. The van der Waals surface area contributed by atoms with Crippen LogP contribution in [0.2, 0.25) is 5.02 Å². The van der Waals surface area contributed by atoms with E-state index in [0.717, 1.165) is 25.1 Å². The van der Waals surface area contributed by atoms with Gasteiger partial charge in [-0.2, -0.15) is 0 Å². The van der Waals surface area contributed by atoms with E-state index in [4.69, 9.17) is 11.6 Å². The van der Waals surface area contributed by atoms with Gasteiger partial charge in [0.2, 0.25) is 0 Å². The molecule has 0 aliphatic rings. The first-order valence-corrected chi connectivity index (χ1v) is 5.87. The lowest BCUT2D eigenvalue weighted by molar-refractivity contribution is 0.0952. The minimum absolute atomic E-state index is 0.0552. The van der Waals surface area contributed by atoms with E-state index in [2.05, 4.69) is 5.32 Å². The second-order valence-corrected chi connectivity index (χ2v) is 4.57. The normalized spacial score (nSPS) is 10.8. The molecule has 0 aliphatic carbocycles. The predicted molar refractivity (Wildman–Crippen MR) is 66.9 cm³/mol. The van der Waals surface area contributed by atoms with Crippen molar-refractivity contribution < 1.29 is 13.6 Å². The van der Waals surface area contributed by atoms with Gasteiger partial charge >= 0.3 is 0 Å². The third-order valence-corrected chi connectivity index (χ3v) is 2.63. The van der Waals surface area contributed by atoms with Crippen LogP contribution in [-0.2, 0) is 0 Å². The van der Waals surface area contributed by atoms with Crippen LogP contribution in [0.25, 0.3) is 0 Å². The van der Waals surface area contributed by atoms with E-state index in [9.17, 15) is 13.6 Å². The van der Waals surface area contributed by atoms with E-state index in [1.165, 1.54) is 0 Å². The maximum absolute atomic E-state index is 13.0. The van der Waals surface area contributed by atoms with E-state index in [1.807, 2.05) is 19.0 Å². The highest BCUT2D eigenvalue weighted by atomic mass is 35.5. The second kappa shape index (κ2) is 6.66. The first-order chi connectivity index (χ1) is 8.41. The second-order valence-electron chi connectivity index (χ2n) is 4.16. The molecule has 0 aromatic heterocycles.